The highest BCUT2D eigenvalue weighted by Crippen LogP contribution is 2.35. The first kappa shape index (κ1) is 19.0. The summed E-state index contributed by atoms with van der Waals surface area (Å²) >= 11 is 0. The number of methoxy groups -OCH3 is 2. The Kier molecular flexibility index (Phi) is 5.20. The van der Waals surface area contributed by atoms with Gasteiger partial charge in [0.1, 0.15) is 6.04 Å². The van der Waals surface area contributed by atoms with Gasteiger partial charge in [0.2, 0.25) is 11.7 Å². The summed E-state index contributed by atoms with van der Waals surface area (Å²) in [5.74, 6) is 2.12. The Hall–Kier alpha value is -3.35. The van der Waals surface area contributed by atoms with Gasteiger partial charge < -0.3 is 18.9 Å². The molecule has 0 radical (unpaired) electrons. The van der Waals surface area contributed by atoms with E-state index in [1.807, 2.05) is 42.2 Å². The minimum absolute atomic E-state index is 0.0120. The zero-order chi connectivity index (χ0) is 20.4. The summed E-state index contributed by atoms with van der Waals surface area (Å²) < 4.78 is 16.2. The van der Waals surface area contributed by atoms with Crippen LogP contribution in [0, 0.1) is 6.92 Å². The number of aromatic nitrogens is 2. The summed E-state index contributed by atoms with van der Waals surface area (Å²) in [6, 6.07) is 12.9. The molecule has 0 saturated carbocycles. The summed E-state index contributed by atoms with van der Waals surface area (Å²) in [6.07, 6.45) is 1.70. The number of likely N-dealkylation sites (tertiary alicyclic amines) is 1. The third kappa shape index (κ3) is 3.68. The SMILES string of the molecule is COc1ccc(-c2noc(C3CCCN3C(=O)c3cccc(C)c3)n2)cc1OC. The van der Waals surface area contributed by atoms with E-state index in [2.05, 4.69) is 10.1 Å². The Morgan fingerprint density at radius 3 is 2.72 bits per heavy atom. The average molecular weight is 393 g/mol. The lowest BCUT2D eigenvalue weighted by molar-refractivity contribution is 0.0710. The summed E-state index contributed by atoms with van der Waals surface area (Å²) in [5.41, 5.74) is 2.49. The smallest absolute Gasteiger partial charge is 0.254 e. The van der Waals surface area contributed by atoms with Crippen molar-refractivity contribution in [1.82, 2.24) is 15.0 Å². The number of carbonyl (C=O) groups is 1. The zero-order valence-corrected chi connectivity index (χ0v) is 16.7. The number of nitrogens with zero attached hydrogens (tertiary/aromatic N) is 3. The number of ether oxygens (including phenoxy) is 2. The van der Waals surface area contributed by atoms with Crippen molar-refractivity contribution in [2.45, 2.75) is 25.8 Å². The van der Waals surface area contributed by atoms with Gasteiger partial charge in [0.15, 0.2) is 11.5 Å². The third-order valence-corrected chi connectivity index (χ3v) is 5.15. The maximum absolute atomic E-state index is 13.0. The molecule has 1 amide bonds. The molecule has 4 rings (SSSR count). The van der Waals surface area contributed by atoms with Crippen molar-refractivity contribution in [3.8, 4) is 22.9 Å². The number of benzene rings is 2. The normalized spacial score (nSPS) is 16.1. The summed E-state index contributed by atoms with van der Waals surface area (Å²) in [5, 5.41) is 4.12. The lowest BCUT2D eigenvalue weighted by Gasteiger charge is -2.22. The fourth-order valence-electron chi connectivity index (χ4n) is 3.67. The lowest BCUT2D eigenvalue weighted by Crippen LogP contribution is -2.30. The van der Waals surface area contributed by atoms with Gasteiger partial charge in [-0.15, -0.1) is 0 Å². The standard InChI is InChI=1S/C22H23N3O4/c1-14-6-4-7-16(12-14)22(26)25-11-5-8-17(25)21-23-20(24-29-21)15-9-10-18(27-2)19(13-15)28-3/h4,6-7,9-10,12-13,17H,5,8,11H2,1-3H3. The first-order chi connectivity index (χ1) is 14.1. The van der Waals surface area contributed by atoms with Crippen molar-refractivity contribution < 1.29 is 18.8 Å². The molecule has 3 aromatic rings. The van der Waals surface area contributed by atoms with Gasteiger partial charge in [-0.05, 0) is 50.1 Å². The Labute approximate surface area is 169 Å². The predicted octanol–water partition coefficient (Wildman–Crippen LogP) is 4.04. The van der Waals surface area contributed by atoms with E-state index in [1.165, 1.54) is 0 Å². The van der Waals surface area contributed by atoms with Crippen LogP contribution in [0.4, 0.5) is 0 Å². The fraction of sp³-hybridized carbons (Fsp3) is 0.318. The van der Waals surface area contributed by atoms with Crippen LogP contribution in [-0.4, -0.2) is 41.7 Å². The highest BCUT2D eigenvalue weighted by atomic mass is 16.5. The molecule has 1 aliphatic heterocycles. The van der Waals surface area contributed by atoms with Crippen LogP contribution in [0.25, 0.3) is 11.4 Å². The van der Waals surface area contributed by atoms with Gasteiger partial charge in [-0.1, -0.05) is 22.9 Å². The number of amides is 1. The monoisotopic (exact) mass is 393 g/mol. The van der Waals surface area contributed by atoms with Crippen LogP contribution in [0.1, 0.15) is 40.7 Å². The average Bonchev–Trinajstić information content (AvgIpc) is 3.42. The molecule has 150 valence electrons. The van der Waals surface area contributed by atoms with E-state index in [-0.39, 0.29) is 11.9 Å². The fourth-order valence-corrected chi connectivity index (χ4v) is 3.67. The molecule has 1 aliphatic rings. The Morgan fingerprint density at radius 1 is 1.14 bits per heavy atom. The molecule has 0 N–H and O–H groups in total. The predicted molar refractivity (Wildman–Crippen MR) is 107 cm³/mol. The van der Waals surface area contributed by atoms with E-state index in [9.17, 15) is 4.79 Å². The van der Waals surface area contributed by atoms with Gasteiger partial charge in [0, 0.05) is 17.7 Å². The molecule has 2 aromatic carbocycles. The van der Waals surface area contributed by atoms with Crippen LogP contribution in [0.3, 0.4) is 0 Å². The summed E-state index contributed by atoms with van der Waals surface area (Å²) in [6.45, 7) is 2.65. The van der Waals surface area contributed by atoms with Crippen LogP contribution >= 0.6 is 0 Å². The number of rotatable bonds is 5. The molecule has 0 aliphatic carbocycles. The van der Waals surface area contributed by atoms with Crippen molar-refractivity contribution in [1.29, 1.82) is 0 Å². The van der Waals surface area contributed by atoms with Gasteiger partial charge >= 0.3 is 0 Å². The number of carbonyl (C=O) groups excluding carboxylic acids is 1. The van der Waals surface area contributed by atoms with Gasteiger partial charge in [0.25, 0.3) is 5.91 Å². The van der Waals surface area contributed by atoms with Crippen molar-refractivity contribution in [2.75, 3.05) is 20.8 Å². The molecule has 0 bridgehead atoms. The summed E-state index contributed by atoms with van der Waals surface area (Å²) in [7, 11) is 3.17. The van der Waals surface area contributed by atoms with Gasteiger partial charge in [-0.3, -0.25) is 4.79 Å². The third-order valence-electron chi connectivity index (χ3n) is 5.15. The van der Waals surface area contributed by atoms with E-state index in [4.69, 9.17) is 14.0 Å². The molecular weight excluding hydrogens is 370 g/mol. The number of hydrogen-bond acceptors (Lipinski definition) is 6. The van der Waals surface area contributed by atoms with E-state index < -0.39 is 0 Å². The highest BCUT2D eigenvalue weighted by molar-refractivity contribution is 5.94. The molecule has 1 atom stereocenters. The molecular formula is C22H23N3O4. The molecule has 7 nitrogen and oxygen atoms in total. The minimum atomic E-state index is -0.218. The van der Waals surface area contributed by atoms with E-state index in [1.54, 1.807) is 26.4 Å². The van der Waals surface area contributed by atoms with Crippen LogP contribution in [0.15, 0.2) is 47.0 Å². The number of aryl methyl sites for hydroxylation is 1. The maximum atomic E-state index is 13.0. The highest BCUT2D eigenvalue weighted by Gasteiger charge is 2.34. The minimum Gasteiger partial charge on any atom is -0.493 e. The van der Waals surface area contributed by atoms with Crippen LogP contribution in [0.2, 0.25) is 0 Å². The molecule has 1 aromatic heterocycles. The Bertz CT molecular complexity index is 1030. The van der Waals surface area contributed by atoms with Crippen molar-refractivity contribution in [3.05, 3.63) is 59.5 Å². The second-order valence-corrected chi connectivity index (χ2v) is 7.05. The maximum Gasteiger partial charge on any atom is 0.254 e. The van der Waals surface area contributed by atoms with Gasteiger partial charge in [-0.25, -0.2) is 0 Å². The Balaban J connectivity index is 1.59. The van der Waals surface area contributed by atoms with Crippen LogP contribution in [-0.2, 0) is 0 Å². The Morgan fingerprint density at radius 2 is 1.97 bits per heavy atom. The quantitative estimate of drug-likeness (QED) is 0.651. The van der Waals surface area contributed by atoms with Crippen LogP contribution in [0.5, 0.6) is 11.5 Å². The second kappa shape index (κ2) is 7.95. The molecule has 2 heterocycles. The second-order valence-electron chi connectivity index (χ2n) is 7.05. The molecule has 7 heteroatoms. The van der Waals surface area contributed by atoms with E-state index in [0.29, 0.717) is 35.3 Å². The first-order valence-corrected chi connectivity index (χ1v) is 9.54. The summed E-state index contributed by atoms with van der Waals surface area (Å²) in [4.78, 5) is 19.4. The van der Waals surface area contributed by atoms with Crippen LogP contribution < -0.4 is 9.47 Å². The molecule has 29 heavy (non-hydrogen) atoms. The van der Waals surface area contributed by atoms with Crippen molar-refractivity contribution in [2.24, 2.45) is 0 Å². The first-order valence-electron chi connectivity index (χ1n) is 9.54. The lowest BCUT2D eigenvalue weighted by atomic mass is 10.1. The van der Waals surface area contributed by atoms with Gasteiger partial charge in [-0.2, -0.15) is 4.98 Å². The van der Waals surface area contributed by atoms with Gasteiger partial charge in [0.05, 0.1) is 14.2 Å². The largest absolute Gasteiger partial charge is 0.493 e. The van der Waals surface area contributed by atoms with E-state index >= 15 is 0 Å². The molecule has 1 unspecified atom stereocenters. The number of hydrogen-bond donors (Lipinski definition) is 0. The molecule has 0 spiro atoms. The molecule has 1 fully saturated rings. The van der Waals surface area contributed by atoms with Crippen molar-refractivity contribution in [3.63, 3.8) is 0 Å². The van der Waals surface area contributed by atoms with Crippen molar-refractivity contribution >= 4 is 5.91 Å². The zero-order valence-electron chi connectivity index (χ0n) is 16.7. The molecule has 1 saturated heterocycles. The van der Waals surface area contributed by atoms with E-state index in [0.717, 1.165) is 24.0 Å². The topological polar surface area (TPSA) is 77.7 Å².